The number of hydrogen-bond donors (Lipinski definition) is 2. The molecular formula is C12H15N3OS. The van der Waals surface area contributed by atoms with Crippen LogP contribution in [0.25, 0.3) is 0 Å². The van der Waals surface area contributed by atoms with Gasteiger partial charge in [-0.3, -0.25) is 0 Å². The smallest absolute Gasteiger partial charge is 0.183 e. The van der Waals surface area contributed by atoms with Gasteiger partial charge in [0.1, 0.15) is 5.75 Å². The molecule has 1 aromatic heterocycles. The maximum Gasteiger partial charge on any atom is 0.183 e. The number of ether oxygens (including phenoxy) is 1. The lowest BCUT2D eigenvalue weighted by atomic mass is 10.2. The Morgan fingerprint density at radius 1 is 1.47 bits per heavy atom. The summed E-state index contributed by atoms with van der Waals surface area (Å²) in [4.78, 5) is 4.33. The molecule has 5 heteroatoms. The summed E-state index contributed by atoms with van der Waals surface area (Å²) in [5.74, 6) is 0.707. The topological polar surface area (TPSA) is 60.2 Å². The van der Waals surface area contributed by atoms with E-state index in [1.807, 2.05) is 30.5 Å². The van der Waals surface area contributed by atoms with E-state index in [0.717, 1.165) is 16.4 Å². The number of benzene rings is 1. The average Bonchev–Trinajstić information content (AvgIpc) is 2.73. The van der Waals surface area contributed by atoms with E-state index in [9.17, 15) is 0 Å². The maximum atomic E-state index is 5.84. The summed E-state index contributed by atoms with van der Waals surface area (Å²) in [5.41, 5.74) is 8.64. The minimum atomic E-state index is 0.655. The summed E-state index contributed by atoms with van der Waals surface area (Å²) >= 11 is 1.60. The third-order valence-electron chi connectivity index (χ3n) is 2.36. The molecular weight excluding hydrogens is 234 g/mol. The summed E-state index contributed by atoms with van der Waals surface area (Å²) in [7, 11) is 1.61. The van der Waals surface area contributed by atoms with Gasteiger partial charge in [0.2, 0.25) is 0 Å². The molecule has 0 saturated carbocycles. The lowest BCUT2D eigenvalue weighted by molar-refractivity contribution is 0.417. The molecule has 3 N–H and O–H groups in total. The van der Waals surface area contributed by atoms with Crippen LogP contribution in [0.5, 0.6) is 5.75 Å². The van der Waals surface area contributed by atoms with Crippen LogP contribution in [0.1, 0.15) is 11.3 Å². The lowest BCUT2D eigenvalue weighted by Gasteiger charge is -2.07. The molecule has 90 valence electrons. The first kappa shape index (κ1) is 11.7. The molecule has 0 unspecified atom stereocenters. The first-order valence-corrected chi connectivity index (χ1v) is 6.15. The van der Waals surface area contributed by atoms with E-state index in [1.165, 1.54) is 0 Å². The van der Waals surface area contributed by atoms with Crippen LogP contribution in [0.15, 0.2) is 23.6 Å². The second-order valence-corrected chi connectivity index (χ2v) is 4.58. The second-order valence-electron chi connectivity index (χ2n) is 3.72. The third kappa shape index (κ3) is 2.88. The fraction of sp³-hybridized carbons (Fsp3) is 0.250. The number of nitrogen functional groups attached to an aromatic ring is 1. The molecule has 17 heavy (non-hydrogen) atoms. The van der Waals surface area contributed by atoms with E-state index in [0.29, 0.717) is 18.0 Å². The Labute approximate surface area is 104 Å². The zero-order valence-electron chi connectivity index (χ0n) is 9.86. The number of hydrogen-bond acceptors (Lipinski definition) is 5. The summed E-state index contributed by atoms with van der Waals surface area (Å²) in [6, 6.07) is 5.77. The van der Waals surface area contributed by atoms with Crippen molar-refractivity contribution >= 4 is 22.2 Å². The Kier molecular flexibility index (Phi) is 3.49. The largest absolute Gasteiger partial charge is 0.495 e. The van der Waals surface area contributed by atoms with Crippen molar-refractivity contribution in [2.45, 2.75) is 13.5 Å². The van der Waals surface area contributed by atoms with Crippen molar-refractivity contribution < 1.29 is 4.74 Å². The van der Waals surface area contributed by atoms with Crippen LogP contribution in [0.3, 0.4) is 0 Å². The third-order valence-corrected chi connectivity index (χ3v) is 3.27. The predicted octanol–water partition coefficient (Wildman–Crippen LogP) is 2.65. The van der Waals surface area contributed by atoms with Gasteiger partial charge < -0.3 is 15.8 Å². The maximum absolute atomic E-state index is 5.84. The van der Waals surface area contributed by atoms with E-state index < -0.39 is 0 Å². The highest BCUT2D eigenvalue weighted by Crippen LogP contribution is 2.23. The van der Waals surface area contributed by atoms with Crippen molar-refractivity contribution in [3.05, 3.63) is 34.8 Å². The van der Waals surface area contributed by atoms with Crippen molar-refractivity contribution in [1.82, 2.24) is 4.98 Å². The minimum Gasteiger partial charge on any atom is -0.495 e. The van der Waals surface area contributed by atoms with Crippen LogP contribution in [-0.4, -0.2) is 12.1 Å². The molecule has 1 heterocycles. The van der Waals surface area contributed by atoms with Crippen molar-refractivity contribution in [3.63, 3.8) is 0 Å². The van der Waals surface area contributed by atoms with Gasteiger partial charge in [-0.15, -0.1) is 11.3 Å². The van der Waals surface area contributed by atoms with Gasteiger partial charge in [-0.25, -0.2) is 4.98 Å². The van der Waals surface area contributed by atoms with Crippen molar-refractivity contribution in [3.8, 4) is 5.75 Å². The molecule has 0 radical (unpaired) electrons. The molecule has 0 aliphatic heterocycles. The highest BCUT2D eigenvalue weighted by atomic mass is 32.1. The molecule has 0 amide bonds. The number of nitrogens with two attached hydrogens (primary N) is 1. The Hall–Kier alpha value is -1.75. The summed E-state index contributed by atoms with van der Waals surface area (Å²) in [6.45, 7) is 2.69. The predicted molar refractivity (Wildman–Crippen MR) is 71.6 cm³/mol. The van der Waals surface area contributed by atoms with E-state index in [4.69, 9.17) is 10.5 Å². The molecule has 2 rings (SSSR count). The van der Waals surface area contributed by atoms with Crippen LogP contribution in [0.4, 0.5) is 10.8 Å². The monoisotopic (exact) mass is 249 g/mol. The van der Waals surface area contributed by atoms with Crippen LogP contribution in [-0.2, 0) is 6.54 Å². The number of anilines is 2. The first-order valence-electron chi connectivity index (χ1n) is 5.27. The van der Waals surface area contributed by atoms with Gasteiger partial charge >= 0.3 is 0 Å². The zero-order chi connectivity index (χ0) is 12.3. The Morgan fingerprint density at radius 2 is 2.29 bits per heavy atom. The molecule has 1 aromatic carbocycles. The van der Waals surface area contributed by atoms with Crippen LogP contribution < -0.4 is 15.8 Å². The minimum absolute atomic E-state index is 0.655. The summed E-state index contributed by atoms with van der Waals surface area (Å²) < 4.78 is 5.11. The summed E-state index contributed by atoms with van der Waals surface area (Å²) in [5, 5.41) is 6.20. The number of methoxy groups -OCH3 is 1. The fourth-order valence-corrected chi connectivity index (χ4v) is 2.19. The van der Waals surface area contributed by atoms with Crippen LogP contribution >= 0.6 is 11.3 Å². The van der Waals surface area contributed by atoms with E-state index >= 15 is 0 Å². The standard InChI is InChI=1S/C12H15N3OS/c1-8-7-17-12(15-8)14-6-9-3-4-11(16-2)10(13)5-9/h3-5,7H,6,13H2,1-2H3,(H,14,15). The molecule has 0 saturated heterocycles. The van der Waals surface area contributed by atoms with E-state index in [2.05, 4.69) is 10.3 Å². The molecule has 0 aliphatic rings. The quantitative estimate of drug-likeness (QED) is 0.818. The van der Waals surface area contributed by atoms with Crippen molar-refractivity contribution in [2.24, 2.45) is 0 Å². The SMILES string of the molecule is COc1ccc(CNc2nc(C)cs2)cc1N. The van der Waals surface area contributed by atoms with Crippen molar-refractivity contribution in [2.75, 3.05) is 18.2 Å². The van der Waals surface area contributed by atoms with Gasteiger partial charge in [0, 0.05) is 11.9 Å². The van der Waals surface area contributed by atoms with Gasteiger partial charge in [0.25, 0.3) is 0 Å². The van der Waals surface area contributed by atoms with E-state index in [1.54, 1.807) is 18.4 Å². The van der Waals surface area contributed by atoms with Crippen molar-refractivity contribution in [1.29, 1.82) is 0 Å². The van der Waals surface area contributed by atoms with Gasteiger partial charge in [0.05, 0.1) is 18.5 Å². The number of aromatic nitrogens is 1. The molecule has 4 nitrogen and oxygen atoms in total. The molecule has 0 atom stereocenters. The Morgan fingerprint density at radius 3 is 2.88 bits per heavy atom. The number of thiazole rings is 1. The molecule has 0 fully saturated rings. The van der Waals surface area contributed by atoms with E-state index in [-0.39, 0.29) is 0 Å². The van der Waals surface area contributed by atoms with Gasteiger partial charge in [-0.2, -0.15) is 0 Å². The van der Waals surface area contributed by atoms with Gasteiger partial charge in [-0.05, 0) is 24.6 Å². The first-order chi connectivity index (χ1) is 8.19. The summed E-state index contributed by atoms with van der Waals surface area (Å²) in [6.07, 6.45) is 0. The highest BCUT2D eigenvalue weighted by molar-refractivity contribution is 7.13. The molecule has 0 bridgehead atoms. The normalized spacial score (nSPS) is 10.2. The van der Waals surface area contributed by atoms with Crippen LogP contribution in [0, 0.1) is 6.92 Å². The van der Waals surface area contributed by atoms with Crippen LogP contribution in [0.2, 0.25) is 0 Å². The Bertz CT molecular complexity index is 510. The number of nitrogens with one attached hydrogen (secondary N) is 1. The number of rotatable bonds is 4. The molecule has 0 spiro atoms. The Balaban J connectivity index is 2.02. The molecule has 2 aromatic rings. The second kappa shape index (κ2) is 5.05. The fourth-order valence-electron chi connectivity index (χ4n) is 1.51. The van der Waals surface area contributed by atoms with Gasteiger partial charge in [0.15, 0.2) is 5.13 Å². The molecule has 0 aliphatic carbocycles. The zero-order valence-corrected chi connectivity index (χ0v) is 10.7. The highest BCUT2D eigenvalue weighted by Gasteiger charge is 2.02. The number of aryl methyl sites for hydroxylation is 1. The average molecular weight is 249 g/mol. The van der Waals surface area contributed by atoms with Gasteiger partial charge in [-0.1, -0.05) is 6.07 Å². The number of nitrogens with zero attached hydrogens (tertiary/aromatic N) is 1. The lowest BCUT2D eigenvalue weighted by Crippen LogP contribution is -2.00.